The number of carboxylic acids is 1. The van der Waals surface area contributed by atoms with Gasteiger partial charge < -0.3 is 10.0 Å². The van der Waals surface area contributed by atoms with Gasteiger partial charge in [-0.25, -0.2) is 0 Å². The van der Waals surface area contributed by atoms with Crippen LogP contribution in [0.15, 0.2) is 24.3 Å². The van der Waals surface area contributed by atoms with E-state index in [0.29, 0.717) is 0 Å². The van der Waals surface area contributed by atoms with Crippen LogP contribution in [0.3, 0.4) is 0 Å². The van der Waals surface area contributed by atoms with Gasteiger partial charge in [-0.05, 0) is 31.0 Å². The highest BCUT2D eigenvalue weighted by Crippen LogP contribution is 2.19. The first-order chi connectivity index (χ1) is 9.61. The summed E-state index contributed by atoms with van der Waals surface area (Å²) in [7, 11) is 0. The summed E-state index contributed by atoms with van der Waals surface area (Å²) in [6, 6.07) is 8.18. The Morgan fingerprint density at radius 1 is 1.30 bits per heavy atom. The Kier molecular flexibility index (Phi) is 5.01. The number of hydrogen-bond acceptors (Lipinski definition) is 3. The lowest BCUT2D eigenvalue weighted by molar-refractivity contribution is -0.143. The van der Waals surface area contributed by atoms with Crippen molar-refractivity contribution in [3.05, 3.63) is 29.8 Å². The van der Waals surface area contributed by atoms with Crippen LogP contribution in [-0.4, -0.2) is 48.2 Å². The van der Waals surface area contributed by atoms with Crippen molar-refractivity contribution in [2.75, 3.05) is 31.1 Å². The molecule has 0 bridgehead atoms. The first kappa shape index (κ1) is 14.9. The van der Waals surface area contributed by atoms with E-state index in [1.807, 2.05) is 6.92 Å². The summed E-state index contributed by atoms with van der Waals surface area (Å²) in [5.41, 5.74) is 2.51. The Bertz CT molecular complexity index is 454. The Labute approximate surface area is 121 Å². The molecule has 2 rings (SSSR count). The number of carbonyl (C=O) groups is 1. The highest BCUT2D eigenvalue weighted by molar-refractivity contribution is 5.73. The normalized spacial score (nSPS) is 18.0. The summed E-state index contributed by atoms with van der Waals surface area (Å²) < 4.78 is 0. The molecule has 1 saturated heterocycles. The van der Waals surface area contributed by atoms with Crippen molar-refractivity contribution in [1.29, 1.82) is 0 Å². The van der Waals surface area contributed by atoms with Crippen molar-refractivity contribution in [2.45, 2.75) is 32.7 Å². The fourth-order valence-corrected chi connectivity index (χ4v) is 2.85. The Balaban J connectivity index is 1.96. The molecule has 1 heterocycles. The topological polar surface area (TPSA) is 43.8 Å². The van der Waals surface area contributed by atoms with E-state index in [2.05, 4.69) is 41.0 Å². The van der Waals surface area contributed by atoms with E-state index in [1.54, 1.807) is 0 Å². The van der Waals surface area contributed by atoms with Gasteiger partial charge >= 0.3 is 5.97 Å². The van der Waals surface area contributed by atoms with Gasteiger partial charge in [0.25, 0.3) is 0 Å². The molecule has 0 aliphatic carbocycles. The molecular weight excluding hydrogens is 252 g/mol. The maximum atomic E-state index is 11.3. The Hall–Kier alpha value is -1.55. The zero-order valence-electron chi connectivity index (χ0n) is 12.4. The van der Waals surface area contributed by atoms with Crippen LogP contribution in [0, 0.1) is 6.92 Å². The molecule has 1 atom stereocenters. The predicted octanol–water partition coefficient (Wildman–Crippen LogP) is 2.37. The highest BCUT2D eigenvalue weighted by atomic mass is 16.4. The van der Waals surface area contributed by atoms with Gasteiger partial charge in [0, 0.05) is 31.9 Å². The van der Waals surface area contributed by atoms with Gasteiger partial charge in [-0.3, -0.25) is 9.69 Å². The summed E-state index contributed by atoms with van der Waals surface area (Å²) >= 11 is 0. The first-order valence-electron chi connectivity index (χ1n) is 7.40. The van der Waals surface area contributed by atoms with Crippen LogP contribution in [0.5, 0.6) is 0 Å². The third-order valence-electron chi connectivity index (χ3n) is 3.97. The molecule has 1 aliphatic heterocycles. The van der Waals surface area contributed by atoms with Crippen molar-refractivity contribution >= 4 is 11.7 Å². The van der Waals surface area contributed by atoms with Crippen LogP contribution in [-0.2, 0) is 4.79 Å². The van der Waals surface area contributed by atoms with E-state index in [9.17, 15) is 9.90 Å². The minimum Gasteiger partial charge on any atom is -0.480 e. The number of piperazine rings is 1. The van der Waals surface area contributed by atoms with E-state index in [4.69, 9.17) is 0 Å². The summed E-state index contributed by atoms with van der Waals surface area (Å²) in [4.78, 5) is 15.8. The first-order valence-corrected chi connectivity index (χ1v) is 7.40. The number of aryl methyl sites for hydroxylation is 1. The highest BCUT2D eigenvalue weighted by Gasteiger charge is 2.28. The molecule has 20 heavy (non-hydrogen) atoms. The smallest absolute Gasteiger partial charge is 0.320 e. The molecule has 110 valence electrons. The number of aliphatic carboxylic acids is 1. The molecule has 1 aromatic carbocycles. The van der Waals surface area contributed by atoms with Crippen molar-refractivity contribution in [3.8, 4) is 0 Å². The van der Waals surface area contributed by atoms with Gasteiger partial charge in [-0.15, -0.1) is 0 Å². The Morgan fingerprint density at radius 3 is 2.55 bits per heavy atom. The number of benzene rings is 1. The van der Waals surface area contributed by atoms with E-state index in [0.717, 1.165) is 39.0 Å². The lowest BCUT2D eigenvalue weighted by atomic mass is 10.1. The zero-order valence-corrected chi connectivity index (χ0v) is 12.4. The largest absolute Gasteiger partial charge is 0.480 e. The molecular formula is C16H24N2O2. The number of carboxylic acid groups (broad SMARTS) is 1. The van der Waals surface area contributed by atoms with Crippen LogP contribution >= 0.6 is 0 Å². The second-order valence-corrected chi connectivity index (χ2v) is 5.50. The molecule has 1 unspecified atom stereocenters. The second-order valence-electron chi connectivity index (χ2n) is 5.50. The molecule has 4 heteroatoms. The van der Waals surface area contributed by atoms with E-state index in [-0.39, 0.29) is 6.04 Å². The van der Waals surface area contributed by atoms with Gasteiger partial charge in [0.1, 0.15) is 6.04 Å². The molecule has 0 aromatic heterocycles. The molecule has 0 spiro atoms. The predicted molar refractivity (Wildman–Crippen MR) is 81.3 cm³/mol. The van der Waals surface area contributed by atoms with Gasteiger partial charge in [0.15, 0.2) is 0 Å². The molecule has 4 nitrogen and oxygen atoms in total. The minimum absolute atomic E-state index is 0.320. The van der Waals surface area contributed by atoms with Crippen LogP contribution < -0.4 is 4.90 Å². The van der Waals surface area contributed by atoms with Crippen molar-refractivity contribution in [2.24, 2.45) is 0 Å². The third-order valence-corrected chi connectivity index (χ3v) is 3.97. The number of anilines is 1. The molecule has 1 fully saturated rings. The summed E-state index contributed by atoms with van der Waals surface area (Å²) in [5.74, 6) is -0.684. The standard InChI is InChI=1S/C16H24N2O2/c1-3-5-15(16(19)20)18-10-8-17(9-11-18)14-7-4-6-13(2)12-14/h4,6-7,12,15H,3,5,8-11H2,1-2H3,(H,19,20). The Morgan fingerprint density at radius 2 is 2.00 bits per heavy atom. The molecule has 1 N–H and O–H groups in total. The number of rotatable bonds is 5. The molecule has 0 amide bonds. The minimum atomic E-state index is -0.684. The van der Waals surface area contributed by atoms with Gasteiger partial charge in [0.2, 0.25) is 0 Å². The van der Waals surface area contributed by atoms with Gasteiger partial charge in [0.05, 0.1) is 0 Å². The maximum Gasteiger partial charge on any atom is 0.320 e. The van der Waals surface area contributed by atoms with Gasteiger partial charge in [-0.1, -0.05) is 25.5 Å². The van der Waals surface area contributed by atoms with Crippen molar-refractivity contribution in [3.63, 3.8) is 0 Å². The summed E-state index contributed by atoms with van der Waals surface area (Å²) in [6.45, 7) is 7.59. The van der Waals surface area contributed by atoms with E-state index in [1.165, 1.54) is 11.3 Å². The average Bonchev–Trinajstić information content (AvgIpc) is 2.45. The SMILES string of the molecule is CCCC(C(=O)O)N1CCN(c2cccc(C)c2)CC1. The molecule has 1 aromatic rings. The molecule has 1 aliphatic rings. The van der Waals surface area contributed by atoms with Crippen LogP contribution in [0.1, 0.15) is 25.3 Å². The summed E-state index contributed by atoms with van der Waals surface area (Å²) in [5, 5.41) is 9.32. The third kappa shape index (κ3) is 3.51. The fourth-order valence-electron chi connectivity index (χ4n) is 2.85. The zero-order chi connectivity index (χ0) is 14.5. The fraction of sp³-hybridized carbons (Fsp3) is 0.562. The van der Waals surface area contributed by atoms with Crippen LogP contribution in [0.4, 0.5) is 5.69 Å². The summed E-state index contributed by atoms with van der Waals surface area (Å²) in [6.07, 6.45) is 1.65. The van der Waals surface area contributed by atoms with E-state index < -0.39 is 5.97 Å². The maximum absolute atomic E-state index is 11.3. The monoisotopic (exact) mass is 276 g/mol. The van der Waals surface area contributed by atoms with Crippen molar-refractivity contribution in [1.82, 2.24) is 4.90 Å². The van der Waals surface area contributed by atoms with Crippen LogP contribution in [0.2, 0.25) is 0 Å². The molecule has 0 saturated carbocycles. The van der Waals surface area contributed by atoms with Crippen molar-refractivity contribution < 1.29 is 9.90 Å². The second kappa shape index (κ2) is 6.75. The van der Waals surface area contributed by atoms with Gasteiger partial charge in [-0.2, -0.15) is 0 Å². The van der Waals surface area contributed by atoms with E-state index >= 15 is 0 Å². The average molecular weight is 276 g/mol. The van der Waals surface area contributed by atoms with Crippen LogP contribution in [0.25, 0.3) is 0 Å². The quantitative estimate of drug-likeness (QED) is 0.896. The number of nitrogens with zero attached hydrogens (tertiary/aromatic N) is 2. The number of hydrogen-bond donors (Lipinski definition) is 1. The lowest BCUT2D eigenvalue weighted by Gasteiger charge is -2.38. The molecule has 0 radical (unpaired) electrons. The lowest BCUT2D eigenvalue weighted by Crippen LogP contribution is -2.52.